The topological polar surface area (TPSA) is 237 Å². The van der Waals surface area contributed by atoms with Crippen LogP contribution in [0.5, 0.6) is 0 Å². The van der Waals surface area contributed by atoms with E-state index in [4.69, 9.17) is 37.0 Å². The highest BCUT2D eigenvalue weighted by Gasteiger charge is 2.30. The molecule has 17 nitrogen and oxygen atoms in total. The van der Waals surface area contributed by atoms with E-state index in [9.17, 15) is 43.2 Å². The third kappa shape index (κ3) is 69.8. The second-order valence-corrected chi connectivity index (χ2v) is 30.6. The minimum Gasteiger partial charge on any atom is -0.462 e. The number of phosphoric ester groups is 2. The van der Waals surface area contributed by atoms with Crippen LogP contribution in [0.2, 0.25) is 0 Å². The summed E-state index contributed by atoms with van der Waals surface area (Å²) in [5, 5.41) is 10.6. The highest BCUT2D eigenvalue weighted by Crippen LogP contribution is 2.45. The van der Waals surface area contributed by atoms with Gasteiger partial charge in [-0.25, -0.2) is 9.13 Å². The van der Waals surface area contributed by atoms with Gasteiger partial charge < -0.3 is 33.8 Å². The number of carbonyl (C=O) groups excluding carboxylic acids is 4. The summed E-state index contributed by atoms with van der Waals surface area (Å²) in [6, 6.07) is 0. The van der Waals surface area contributed by atoms with E-state index in [1.807, 2.05) is 0 Å². The molecule has 0 bridgehead atoms. The van der Waals surface area contributed by atoms with Crippen LogP contribution in [-0.2, 0) is 65.4 Å². The largest absolute Gasteiger partial charge is 0.472 e. The van der Waals surface area contributed by atoms with Crippen LogP contribution in [0.1, 0.15) is 369 Å². The van der Waals surface area contributed by atoms with Gasteiger partial charge in [-0.3, -0.25) is 37.3 Å². The maximum Gasteiger partial charge on any atom is 0.472 e. The summed E-state index contributed by atoms with van der Waals surface area (Å²) >= 11 is 0. The van der Waals surface area contributed by atoms with Crippen LogP contribution in [-0.4, -0.2) is 96.7 Å². The highest BCUT2D eigenvalue weighted by molar-refractivity contribution is 7.47. The molecule has 0 aromatic heterocycles. The van der Waals surface area contributed by atoms with Gasteiger partial charge in [0.15, 0.2) is 12.2 Å². The lowest BCUT2D eigenvalue weighted by Gasteiger charge is -2.21. The molecule has 0 radical (unpaired) electrons. The molecule has 3 N–H and O–H groups in total. The zero-order valence-electron chi connectivity index (χ0n) is 61.5. The Balaban J connectivity index is 5.24. The van der Waals surface area contributed by atoms with E-state index in [1.54, 1.807) is 0 Å². The number of hydrogen-bond acceptors (Lipinski definition) is 15. The number of phosphoric acid groups is 2. The van der Waals surface area contributed by atoms with Gasteiger partial charge in [0.2, 0.25) is 0 Å². The molecular formula is C76H144O17P2. The zero-order chi connectivity index (χ0) is 70.0. The molecule has 19 heteroatoms. The van der Waals surface area contributed by atoms with Gasteiger partial charge in [0, 0.05) is 25.7 Å². The minimum atomic E-state index is -4.96. The number of aliphatic hydroxyl groups is 1. The van der Waals surface area contributed by atoms with E-state index in [0.29, 0.717) is 37.5 Å². The molecule has 0 aromatic rings. The van der Waals surface area contributed by atoms with Gasteiger partial charge in [0.25, 0.3) is 0 Å². The van der Waals surface area contributed by atoms with E-state index in [2.05, 4.69) is 65.8 Å². The van der Waals surface area contributed by atoms with Crippen molar-refractivity contribution in [1.29, 1.82) is 0 Å². The van der Waals surface area contributed by atoms with Gasteiger partial charge in [-0.15, -0.1) is 0 Å². The summed E-state index contributed by atoms with van der Waals surface area (Å²) in [5.74, 6) is -0.754. The molecule has 0 heterocycles. The molecule has 0 spiro atoms. The summed E-state index contributed by atoms with van der Waals surface area (Å²) in [6.07, 6.45) is 58.0. The Morgan fingerprint density at radius 3 is 0.863 bits per heavy atom. The molecule has 0 saturated carbocycles. The maximum atomic E-state index is 13.1. The quantitative estimate of drug-likeness (QED) is 0.0169. The molecule has 0 amide bonds. The summed E-state index contributed by atoms with van der Waals surface area (Å²) in [6.45, 7) is 9.40. The van der Waals surface area contributed by atoms with Crippen molar-refractivity contribution in [1.82, 2.24) is 0 Å². The number of aliphatic hydroxyl groups excluding tert-OH is 1. The van der Waals surface area contributed by atoms with Crippen LogP contribution >= 0.6 is 15.6 Å². The van der Waals surface area contributed by atoms with Crippen LogP contribution in [0, 0.1) is 11.8 Å². The van der Waals surface area contributed by atoms with Crippen molar-refractivity contribution in [2.24, 2.45) is 11.8 Å². The summed E-state index contributed by atoms with van der Waals surface area (Å²) < 4.78 is 68.4. The Bertz CT molecular complexity index is 1930. The summed E-state index contributed by atoms with van der Waals surface area (Å²) in [7, 11) is -9.92. The van der Waals surface area contributed by atoms with Gasteiger partial charge >= 0.3 is 39.5 Å². The van der Waals surface area contributed by atoms with Gasteiger partial charge in [-0.2, -0.15) is 0 Å². The van der Waals surface area contributed by atoms with Crippen molar-refractivity contribution < 1.29 is 80.2 Å². The Morgan fingerprint density at radius 2 is 0.568 bits per heavy atom. The number of rotatable bonds is 73. The van der Waals surface area contributed by atoms with Gasteiger partial charge in [0.1, 0.15) is 19.3 Å². The number of unbranched alkanes of at least 4 members (excludes halogenated alkanes) is 40. The van der Waals surface area contributed by atoms with Gasteiger partial charge in [-0.05, 0) is 63.2 Å². The summed E-state index contributed by atoms with van der Waals surface area (Å²) in [5.41, 5.74) is 0. The highest BCUT2D eigenvalue weighted by atomic mass is 31.2. The fourth-order valence-electron chi connectivity index (χ4n) is 11.1. The Kier molecular flexibility index (Phi) is 65.6. The normalized spacial score (nSPS) is 14.2. The second kappa shape index (κ2) is 67.4. The summed E-state index contributed by atoms with van der Waals surface area (Å²) in [4.78, 5) is 72.7. The van der Waals surface area contributed by atoms with E-state index >= 15 is 0 Å². The monoisotopic (exact) mass is 1390 g/mol. The third-order valence-electron chi connectivity index (χ3n) is 17.1. The predicted molar refractivity (Wildman–Crippen MR) is 386 cm³/mol. The molecule has 95 heavy (non-hydrogen) atoms. The fourth-order valence-corrected chi connectivity index (χ4v) is 12.7. The molecule has 0 aromatic carbocycles. The smallest absolute Gasteiger partial charge is 0.462 e. The molecule has 0 aliphatic heterocycles. The van der Waals surface area contributed by atoms with E-state index in [1.165, 1.54) is 161 Å². The first kappa shape index (κ1) is 92.5. The van der Waals surface area contributed by atoms with Gasteiger partial charge in [0.05, 0.1) is 26.4 Å². The molecule has 0 rings (SSSR count). The van der Waals surface area contributed by atoms with E-state index in [0.717, 1.165) is 116 Å². The van der Waals surface area contributed by atoms with Crippen LogP contribution in [0.3, 0.4) is 0 Å². The lowest BCUT2D eigenvalue weighted by Crippen LogP contribution is -2.30. The zero-order valence-corrected chi connectivity index (χ0v) is 63.2. The Morgan fingerprint density at radius 1 is 0.326 bits per heavy atom. The van der Waals surface area contributed by atoms with Crippen LogP contribution < -0.4 is 0 Å². The van der Waals surface area contributed by atoms with Crippen molar-refractivity contribution >= 4 is 39.5 Å². The fraction of sp³-hybridized carbons (Fsp3) is 0.895. The predicted octanol–water partition coefficient (Wildman–Crippen LogP) is 21.9. The van der Waals surface area contributed by atoms with Crippen LogP contribution in [0.15, 0.2) is 24.3 Å². The maximum absolute atomic E-state index is 13.1. The van der Waals surface area contributed by atoms with E-state index in [-0.39, 0.29) is 25.7 Å². The average molecular weight is 1390 g/mol. The van der Waals surface area contributed by atoms with Crippen molar-refractivity contribution in [2.45, 2.75) is 387 Å². The van der Waals surface area contributed by atoms with E-state index < -0.39 is 97.5 Å². The first-order valence-electron chi connectivity index (χ1n) is 38.8. The molecule has 560 valence electrons. The molecule has 0 saturated heterocycles. The molecular weight excluding hydrogens is 1250 g/mol. The van der Waals surface area contributed by atoms with Crippen LogP contribution in [0.25, 0.3) is 0 Å². The minimum absolute atomic E-state index is 0.100. The van der Waals surface area contributed by atoms with Gasteiger partial charge in [-0.1, -0.05) is 316 Å². The van der Waals surface area contributed by atoms with Crippen molar-refractivity contribution in [2.75, 3.05) is 39.6 Å². The van der Waals surface area contributed by atoms with Crippen molar-refractivity contribution in [3.05, 3.63) is 24.3 Å². The average Bonchev–Trinajstić information content (AvgIpc) is 2.82. The number of esters is 4. The molecule has 0 aliphatic rings. The molecule has 5 atom stereocenters. The lowest BCUT2D eigenvalue weighted by atomic mass is 10.0. The standard InChI is InChI=1S/C76H144O17P2/c1-7-9-11-13-15-17-19-21-23-24-25-26-27-29-31-33-35-41-48-54-60-75(80)92-71(64-86-73(78)58-52-46-40-34-32-30-28-22-20-18-16-14-12-10-8-2)66-90-94(82,83)88-62-70(77)63-89-95(84,85)91-67-72(93-76(81)61-55-49-43-37-39-45-51-57-69(5)6)65-87-74(79)59-53-47-42-36-38-44-50-56-68(3)4/h18,20,22,28,68-72,77H,7-17,19,21,23-27,29-67H2,1-6H3,(H,82,83)(H,84,85)/b20-18-,28-22-/t70-,71-,72-/m1/s1. The Hall–Kier alpha value is -2.46. The first-order valence-corrected chi connectivity index (χ1v) is 41.8. The van der Waals surface area contributed by atoms with Crippen molar-refractivity contribution in [3.8, 4) is 0 Å². The Labute approximate surface area is 580 Å². The third-order valence-corrected chi connectivity index (χ3v) is 19.0. The SMILES string of the molecule is CCCCCC/C=C\C=C/CCCCCCCC(=O)OC[C@H](COP(=O)(O)OC[C@@H](O)COP(=O)(O)OC[C@@H](COC(=O)CCCCCCCCCC(C)C)OC(=O)CCCCCCCCCC(C)C)OC(=O)CCCCCCCCCCCCCCCCCCCCCC. The molecule has 2 unspecified atom stereocenters. The van der Waals surface area contributed by atoms with Crippen molar-refractivity contribution in [3.63, 3.8) is 0 Å². The number of hydrogen-bond donors (Lipinski definition) is 3. The number of ether oxygens (including phenoxy) is 4. The number of carbonyl (C=O) groups is 4. The second-order valence-electron chi connectivity index (χ2n) is 27.7. The first-order chi connectivity index (χ1) is 45.9. The lowest BCUT2D eigenvalue weighted by molar-refractivity contribution is -0.161. The molecule has 0 aliphatic carbocycles. The molecule has 0 fully saturated rings. The number of allylic oxidation sites excluding steroid dienone is 4. The van der Waals surface area contributed by atoms with Crippen LogP contribution in [0.4, 0.5) is 0 Å².